The van der Waals surface area contributed by atoms with E-state index in [1.807, 2.05) is 4.90 Å². The van der Waals surface area contributed by atoms with Gasteiger partial charge in [-0.05, 0) is 37.6 Å². The Morgan fingerprint density at radius 2 is 1.93 bits per heavy atom. The smallest absolute Gasteiger partial charge is 0.243 e. The summed E-state index contributed by atoms with van der Waals surface area (Å²) in [6.45, 7) is 6.92. The largest absolute Gasteiger partial charge is 0.495 e. The number of ether oxygens (including phenoxy) is 1. The number of nitrogens with zero attached hydrogens (tertiary/aromatic N) is 3. The maximum atomic E-state index is 13.1. The molecule has 0 unspecified atom stereocenters. The standard InChI is InChI=1S/C19H28ClN3O4S/c1-3-21-9-11-22(12-10-21)19(24)15-5-4-8-23(14-15)28(25,26)16-6-7-18(27-2)17(20)13-16/h6-7,13,15H,3-5,8-12,14H2,1-2H3/t15-/m1/s1. The van der Waals surface area contributed by atoms with E-state index in [0.717, 1.165) is 26.1 Å². The van der Waals surface area contributed by atoms with E-state index in [1.54, 1.807) is 6.07 Å². The number of hydrogen-bond acceptors (Lipinski definition) is 5. The van der Waals surface area contributed by atoms with Crippen molar-refractivity contribution >= 4 is 27.5 Å². The average Bonchev–Trinajstić information content (AvgIpc) is 2.73. The summed E-state index contributed by atoms with van der Waals surface area (Å²) in [5, 5.41) is 0.252. The summed E-state index contributed by atoms with van der Waals surface area (Å²) in [7, 11) is -2.22. The van der Waals surface area contributed by atoms with E-state index in [4.69, 9.17) is 16.3 Å². The van der Waals surface area contributed by atoms with Crippen molar-refractivity contribution < 1.29 is 17.9 Å². The van der Waals surface area contributed by atoms with Crippen molar-refractivity contribution in [2.24, 2.45) is 5.92 Å². The molecule has 0 N–H and O–H groups in total. The van der Waals surface area contributed by atoms with Gasteiger partial charge in [0.2, 0.25) is 15.9 Å². The SMILES string of the molecule is CCN1CCN(C(=O)[C@@H]2CCCN(S(=O)(=O)c3ccc(OC)c(Cl)c3)C2)CC1. The Hall–Kier alpha value is -1.35. The first-order valence-corrected chi connectivity index (χ1v) is 11.5. The van der Waals surface area contributed by atoms with E-state index in [1.165, 1.54) is 23.5 Å². The summed E-state index contributed by atoms with van der Waals surface area (Å²) in [6, 6.07) is 4.45. The van der Waals surface area contributed by atoms with Crippen LogP contribution in [0.2, 0.25) is 5.02 Å². The topological polar surface area (TPSA) is 70.2 Å². The number of piperazine rings is 1. The highest BCUT2D eigenvalue weighted by molar-refractivity contribution is 7.89. The fraction of sp³-hybridized carbons (Fsp3) is 0.632. The van der Waals surface area contributed by atoms with Gasteiger partial charge in [0.25, 0.3) is 0 Å². The number of likely N-dealkylation sites (N-methyl/N-ethyl adjacent to an activating group) is 1. The van der Waals surface area contributed by atoms with E-state index < -0.39 is 10.0 Å². The van der Waals surface area contributed by atoms with E-state index in [9.17, 15) is 13.2 Å². The Bertz CT molecular complexity index is 809. The number of halogens is 1. The highest BCUT2D eigenvalue weighted by Crippen LogP contribution is 2.30. The highest BCUT2D eigenvalue weighted by atomic mass is 35.5. The van der Waals surface area contributed by atoms with Gasteiger partial charge in [0.15, 0.2) is 0 Å². The van der Waals surface area contributed by atoms with Gasteiger partial charge in [-0.2, -0.15) is 4.31 Å². The number of sulfonamides is 1. The van der Waals surface area contributed by atoms with Gasteiger partial charge >= 0.3 is 0 Å². The molecule has 1 amide bonds. The zero-order chi connectivity index (χ0) is 20.3. The van der Waals surface area contributed by atoms with Crippen molar-refractivity contribution in [3.05, 3.63) is 23.2 Å². The molecule has 1 aromatic rings. The van der Waals surface area contributed by atoms with Gasteiger partial charge in [-0.25, -0.2) is 8.42 Å². The number of amides is 1. The fourth-order valence-corrected chi connectivity index (χ4v) is 5.73. The van der Waals surface area contributed by atoms with Crippen LogP contribution in [0.15, 0.2) is 23.1 Å². The summed E-state index contributed by atoms with van der Waals surface area (Å²) in [5.74, 6) is 0.215. The molecule has 0 bridgehead atoms. The van der Waals surface area contributed by atoms with Gasteiger partial charge in [0.1, 0.15) is 5.75 Å². The molecule has 2 aliphatic rings. The molecule has 7 nitrogen and oxygen atoms in total. The Labute approximate surface area is 172 Å². The van der Waals surface area contributed by atoms with Crippen LogP contribution in [0.3, 0.4) is 0 Å². The Balaban J connectivity index is 1.70. The zero-order valence-electron chi connectivity index (χ0n) is 16.4. The van der Waals surface area contributed by atoms with Crippen LogP contribution in [0.1, 0.15) is 19.8 Å². The lowest BCUT2D eigenvalue weighted by Crippen LogP contribution is -2.52. The molecule has 3 rings (SSSR count). The molecular formula is C19H28ClN3O4S. The van der Waals surface area contributed by atoms with Crippen LogP contribution in [0.25, 0.3) is 0 Å². The average molecular weight is 430 g/mol. The van der Waals surface area contributed by atoms with Crippen molar-refractivity contribution in [1.29, 1.82) is 0 Å². The fourth-order valence-electron chi connectivity index (χ4n) is 3.86. The van der Waals surface area contributed by atoms with Gasteiger partial charge in [-0.3, -0.25) is 4.79 Å². The Morgan fingerprint density at radius 3 is 2.54 bits per heavy atom. The molecule has 0 aromatic heterocycles. The quantitative estimate of drug-likeness (QED) is 0.715. The highest BCUT2D eigenvalue weighted by Gasteiger charge is 2.36. The van der Waals surface area contributed by atoms with Crippen molar-refractivity contribution in [1.82, 2.24) is 14.1 Å². The van der Waals surface area contributed by atoms with Crippen LogP contribution in [-0.2, 0) is 14.8 Å². The van der Waals surface area contributed by atoms with Crippen LogP contribution in [0.5, 0.6) is 5.75 Å². The summed E-state index contributed by atoms with van der Waals surface area (Å²) >= 11 is 6.11. The van der Waals surface area contributed by atoms with Gasteiger partial charge in [0, 0.05) is 39.3 Å². The zero-order valence-corrected chi connectivity index (χ0v) is 18.0. The van der Waals surface area contributed by atoms with Crippen LogP contribution in [0, 0.1) is 5.92 Å². The van der Waals surface area contributed by atoms with Crippen molar-refractivity contribution in [3.63, 3.8) is 0 Å². The predicted octanol–water partition coefficient (Wildman–Crippen LogP) is 1.91. The monoisotopic (exact) mass is 429 g/mol. The van der Waals surface area contributed by atoms with E-state index in [2.05, 4.69) is 11.8 Å². The third-order valence-electron chi connectivity index (χ3n) is 5.63. The van der Waals surface area contributed by atoms with Gasteiger partial charge < -0.3 is 14.5 Å². The number of hydrogen-bond donors (Lipinski definition) is 0. The van der Waals surface area contributed by atoms with Crippen molar-refractivity contribution in [3.8, 4) is 5.75 Å². The molecule has 2 aliphatic heterocycles. The van der Waals surface area contributed by atoms with Crippen LogP contribution < -0.4 is 4.74 Å². The maximum absolute atomic E-state index is 13.1. The Kier molecular flexibility index (Phi) is 6.85. The number of carbonyl (C=O) groups is 1. The first-order valence-electron chi connectivity index (χ1n) is 9.71. The van der Waals surface area contributed by atoms with Crippen LogP contribution >= 0.6 is 11.6 Å². The summed E-state index contributed by atoms with van der Waals surface area (Å²) in [4.78, 5) is 17.3. The molecular weight excluding hydrogens is 402 g/mol. The second-order valence-corrected chi connectivity index (χ2v) is 9.60. The third-order valence-corrected chi connectivity index (χ3v) is 7.78. The molecule has 1 aromatic carbocycles. The lowest BCUT2D eigenvalue weighted by molar-refractivity contribution is -0.138. The first-order chi connectivity index (χ1) is 13.4. The number of carbonyl (C=O) groups excluding carboxylic acids is 1. The molecule has 1 atom stereocenters. The maximum Gasteiger partial charge on any atom is 0.243 e. The molecule has 0 saturated carbocycles. The molecule has 2 heterocycles. The second-order valence-electron chi connectivity index (χ2n) is 7.26. The molecule has 0 spiro atoms. The Morgan fingerprint density at radius 1 is 1.21 bits per heavy atom. The molecule has 2 fully saturated rings. The molecule has 156 valence electrons. The summed E-state index contributed by atoms with van der Waals surface area (Å²) in [6.07, 6.45) is 1.40. The first kappa shape index (κ1) is 21.4. The third kappa shape index (κ3) is 4.45. The molecule has 28 heavy (non-hydrogen) atoms. The van der Waals surface area contributed by atoms with Gasteiger partial charge in [-0.15, -0.1) is 0 Å². The molecule has 0 radical (unpaired) electrons. The summed E-state index contributed by atoms with van der Waals surface area (Å²) < 4.78 is 32.6. The molecule has 9 heteroatoms. The van der Waals surface area contributed by atoms with E-state index in [-0.39, 0.29) is 28.3 Å². The van der Waals surface area contributed by atoms with Gasteiger partial charge in [0.05, 0.1) is 22.9 Å². The minimum Gasteiger partial charge on any atom is -0.495 e. The normalized spacial score (nSPS) is 22.2. The predicted molar refractivity (Wildman–Crippen MR) is 108 cm³/mol. The van der Waals surface area contributed by atoms with Crippen molar-refractivity contribution in [2.75, 3.05) is 52.9 Å². The second kappa shape index (κ2) is 8.98. The number of methoxy groups -OCH3 is 1. The number of benzene rings is 1. The van der Waals surface area contributed by atoms with Crippen molar-refractivity contribution in [2.45, 2.75) is 24.7 Å². The lowest BCUT2D eigenvalue weighted by Gasteiger charge is -2.38. The summed E-state index contributed by atoms with van der Waals surface area (Å²) in [5.41, 5.74) is 0. The van der Waals surface area contributed by atoms with Crippen LogP contribution in [0.4, 0.5) is 0 Å². The van der Waals surface area contributed by atoms with Gasteiger partial charge in [-0.1, -0.05) is 18.5 Å². The van der Waals surface area contributed by atoms with Crippen LogP contribution in [-0.4, -0.2) is 81.4 Å². The van der Waals surface area contributed by atoms with E-state index in [0.29, 0.717) is 31.8 Å². The number of piperidine rings is 1. The number of rotatable bonds is 5. The molecule has 0 aliphatic carbocycles. The van der Waals surface area contributed by atoms with E-state index >= 15 is 0 Å². The minimum absolute atomic E-state index is 0.0726. The minimum atomic E-state index is -3.71. The lowest BCUT2D eigenvalue weighted by atomic mass is 9.98. The molecule has 2 saturated heterocycles.